The molecule has 0 radical (unpaired) electrons. The molecule has 1 saturated heterocycles. The summed E-state index contributed by atoms with van der Waals surface area (Å²) >= 11 is 0. The summed E-state index contributed by atoms with van der Waals surface area (Å²) in [4.78, 5) is 12.4. The molecule has 0 bridgehead atoms. The second kappa shape index (κ2) is 7.36. The molecule has 2 aromatic heterocycles. The maximum atomic E-state index is 13.8. The lowest BCUT2D eigenvalue weighted by molar-refractivity contribution is -0.0511. The molecule has 28 heavy (non-hydrogen) atoms. The molecule has 0 aliphatic carbocycles. The highest BCUT2D eigenvalue weighted by Gasteiger charge is 2.44. The third-order valence-corrected chi connectivity index (χ3v) is 4.60. The summed E-state index contributed by atoms with van der Waals surface area (Å²) in [6.45, 7) is -0.487. The first-order valence-corrected chi connectivity index (χ1v) is 8.47. The Hall–Kier alpha value is -2.73. The first-order chi connectivity index (χ1) is 13.5. The average Bonchev–Trinajstić information content (AvgIpc) is 3.24. The molecule has 4 atom stereocenters. The number of benzene rings is 1. The number of nitrogens with one attached hydrogen (secondary N) is 1. The largest absolute Gasteiger partial charge is 0.394 e. The van der Waals surface area contributed by atoms with Gasteiger partial charge in [-0.3, -0.25) is 4.57 Å². The van der Waals surface area contributed by atoms with Gasteiger partial charge in [0.15, 0.2) is 23.2 Å². The number of aliphatic hydroxyl groups excluding tert-OH is 3. The van der Waals surface area contributed by atoms with Gasteiger partial charge in [-0.25, -0.2) is 23.7 Å². The van der Waals surface area contributed by atoms with Crippen LogP contribution < -0.4 is 5.32 Å². The van der Waals surface area contributed by atoms with Crippen LogP contribution in [-0.4, -0.2) is 59.8 Å². The molecule has 9 nitrogen and oxygen atoms in total. The van der Waals surface area contributed by atoms with Crippen LogP contribution in [0.15, 0.2) is 30.9 Å². The third kappa shape index (κ3) is 3.18. The van der Waals surface area contributed by atoms with Crippen LogP contribution in [0.3, 0.4) is 0 Å². The summed E-state index contributed by atoms with van der Waals surface area (Å²) in [5.74, 6) is -0.838. The van der Waals surface area contributed by atoms with E-state index in [-0.39, 0.29) is 17.9 Å². The summed E-state index contributed by atoms with van der Waals surface area (Å²) in [5, 5.41) is 32.3. The molecular weight excluding hydrogens is 376 g/mol. The molecule has 3 heterocycles. The Morgan fingerprint density at radius 2 is 1.96 bits per heavy atom. The third-order valence-electron chi connectivity index (χ3n) is 4.60. The fourth-order valence-electron chi connectivity index (χ4n) is 3.14. The Bertz CT molecular complexity index is 1000. The zero-order valence-electron chi connectivity index (χ0n) is 14.4. The maximum Gasteiger partial charge on any atom is 0.167 e. The van der Waals surface area contributed by atoms with Crippen molar-refractivity contribution in [3.8, 4) is 0 Å². The quantitative estimate of drug-likeness (QED) is 0.489. The van der Waals surface area contributed by atoms with Gasteiger partial charge in [0.2, 0.25) is 0 Å². The smallest absolute Gasteiger partial charge is 0.167 e. The predicted octanol–water partition coefficient (Wildman–Crippen LogP) is 0.328. The zero-order valence-corrected chi connectivity index (χ0v) is 14.4. The van der Waals surface area contributed by atoms with Crippen molar-refractivity contribution in [3.63, 3.8) is 0 Å². The molecule has 1 aliphatic rings. The molecule has 3 aromatic rings. The first kappa shape index (κ1) is 18.6. The number of nitrogens with zero attached hydrogens (tertiary/aromatic N) is 4. The van der Waals surface area contributed by atoms with E-state index in [4.69, 9.17) is 4.74 Å². The summed E-state index contributed by atoms with van der Waals surface area (Å²) in [6, 6.07) is 3.15. The lowest BCUT2D eigenvalue weighted by atomic mass is 10.1. The van der Waals surface area contributed by atoms with Crippen molar-refractivity contribution < 1.29 is 28.8 Å². The van der Waals surface area contributed by atoms with Crippen LogP contribution in [0.4, 0.5) is 14.6 Å². The molecule has 1 aromatic carbocycles. The minimum atomic E-state index is -1.29. The molecular formula is C17H17F2N5O4. The van der Waals surface area contributed by atoms with Gasteiger partial charge in [0.25, 0.3) is 0 Å². The van der Waals surface area contributed by atoms with Gasteiger partial charge in [0, 0.05) is 12.1 Å². The Balaban J connectivity index is 1.61. The van der Waals surface area contributed by atoms with E-state index in [2.05, 4.69) is 20.3 Å². The highest BCUT2D eigenvalue weighted by molar-refractivity contribution is 5.82. The van der Waals surface area contributed by atoms with Crippen LogP contribution in [0.5, 0.6) is 0 Å². The number of aromatic nitrogens is 4. The van der Waals surface area contributed by atoms with Crippen molar-refractivity contribution >= 4 is 17.0 Å². The van der Waals surface area contributed by atoms with E-state index in [1.165, 1.54) is 17.2 Å². The summed E-state index contributed by atoms with van der Waals surface area (Å²) in [6.07, 6.45) is -1.89. The molecule has 0 spiro atoms. The number of fused-ring (bicyclic) bond motifs is 1. The number of hydrogen-bond donors (Lipinski definition) is 4. The number of anilines is 1. The molecule has 4 N–H and O–H groups in total. The normalized spacial score (nSPS) is 24.8. The van der Waals surface area contributed by atoms with Crippen LogP contribution in [-0.2, 0) is 11.3 Å². The van der Waals surface area contributed by atoms with E-state index < -0.39 is 42.8 Å². The van der Waals surface area contributed by atoms with Crippen molar-refractivity contribution in [2.45, 2.75) is 31.1 Å². The van der Waals surface area contributed by atoms with E-state index in [1.54, 1.807) is 0 Å². The van der Waals surface area contributed by atoms with Crippen molar-refractivity contribution in [1.29, 1.82) is 0 Å². The number of ether oxygens (including phenoxy) is 1. The van der Waals surface area contributed by atoms with Crippen LogP contribution >= 0.6 is 0 Å². The van der Waals surface area contributed by atoms with Gasteiger partial charge in [0.1, 0.15) is 36.3 Å². The van der Waals surface area contributed by atoms with Gasteiger partial charge in [-0.1, -0.05) is 0 Å². The van der Waals surface area contributed by atoms with Gasteiger partial charge in [0.05, 0.1) is 12.9 Å². The molecule has 1 aliphatic heterocycles. The molecule has 4 rings (SSSR count). The summed E-state index contributed by atoms with van der Waals surface area (Å²) in [7, 11) is 0. The average molecular weight is 393 g/mol. The van der Waals surface area contributed by atoms with Crippen molar-refractivity contribution in [2.75, 3.05) is 11.9 Å². The summed E-state index contributed by atoms with van der Waals surface area (Å²) < 4.78 is 34.0. The van der Waals surface area contributed by atoms with Crippen LogP contribution in [0, 0.1) is 11.6 Å². The second-order valence-corrected chi connectivity index (χ2v) is 6.36. The van der Waals surface area contributed by atoms with Crippen LogP contribution in [0.1, 0.15) is 11.8 Å². The number of hydrogen-bond acceptors (Lipinski definition) is 8. The minimum Gasteiger partial charge on any atom is -0.394 e. The fraction of sp³-hybridized carbons (Fsp3) is 0.353. The van der Waals surface area contributed by atoms with E-state index in [0.29, 0.717) is 11.2 Å². The van der Waals surface area contributed by atoms with Gasteiger partial charge in [-0.2, -0.15) is 0 Å². The molecule has 0 amide bonds. The molecule has 11 heteroatoms. The fourth-order valence-corrected chi connectivity index (χ4v) is 3.14. The van der Waals surface area contributed by atoms with Crippen molar-refractivity contribution in [3.05, 3.63) is 48.1 Å². The number of halogens is 2. The molecule has 148 valence electrons. The Morgan fingerprint density at radius 1 is 1.14 bits per heavy atom. The topological polar surface area (TPSA) is 126 Å². The SMILES string of the molecule is OC[C@H]1O[C@@H](n2cnc3c(NCc4cc(F)ccc4F)ncnc32)[C@H](O)[C@@H]1O. The number of imidazole rings is 1. The Kier molecular flexibility index (Phi) is 4.89. The Labute approximate surface area is 157 Å². The van der Waals surface area contributed by atoms with E-state index in [1.807, 2.05) is 0 Å². The minimum absolute atomic E-state index is 0.0313. The van der Waals surface area contributed by atoms with E-state index >= 15 is 0 Å². The number of aliphatic hydroxyl groups is 3. The van der Waals surface area contributed by atoms with Crippen molar-refractivity contribution in [2.24, 2.45) is 0 Å². The maximum absolute atomic E-state index is 13.8. The lowest BCUT2D eigenvalue weighted by Gasteiger charge is -2.16. The number of rotatable bonds is 5. The van der Waals surface area contributed by atoms with Gasteiger partial charge in [-0.15, -0.1) is 0 Å². The zero-order chi connectivity index (χ0) is 19.8. The van der Waals surface area contributed by atoms with Crippen LogP contribution in [0.25, 0.3) is 11.2 Å². The highest BCUT2D eigenvalue weighted by Crippen LogP contribution is 2.32. The van der Waals surface area contributed by atoms with E-state index in [0.717, 1.165) is 18.2 Å². The van der Waals surface area contributed by atoms with Crippen molar-refractivity contribution in [1.82, 2.24) is 19.5 Å². The van der Waals surface area contributed by atoms with E-state index in [9.17, 15) is 24.1 Å². The molecule has 0 unspecified atom stereocenters. The standard InChI is InChI=1S/C17H17F2N5O4/c18-9-1-2-10(19)8(3-9)4-20-15-12-16(22-6-21-15)24(7-23-12)17-14(27)13(26)11(5-25)28-17/h1-3,6-7,11,13-14,17,25-27H,4-5H2,(H,20,21,22)/t11-,13-,14-,17-/m1/s1. The first-order valence-electron chi connectivity index (χ1n) is 8.47. The second-order valence-electron chi connectivity index (χ2n) is 6.36. The summed E-state index contributed by atoms with van der Waals surface area (Å²) in [5.41, 5.74) is 0.735. The van der Waals surface area contributed by atoms with Gasteiger partial charge >= 0.3 is 0 Å². The van der Waals surface area contributed by atoms with Crippen LogP contribution in [0.2, 0.25) is 0 Å². The lowest BCUT2D eigenvalue weighted by Crippen LogP contribution is -2.33. The highest BCUT2D eigenvalue weighted by atomic mass is 19.1. The molecule has 1 fully saturated rings. The van der Waals surface area contributed by atoms with Gasteiger partial charge < -0.3 is 25.4 Å². The monoisotopic (exact) mass is 393 g/mol. The molecule has 0 saturated carbocycles. The Morgan fingerprint density at radius 3 is 2.71 bits per heavy atom. The van der Waals surface area contributed by atoms with Gasteiger partial charge in [-0.05, 0) is 18.2 Å². The predicted molar refractivity (Wildman–Crippen MR) is 92.0 cm³/mol.